The molecule has 1 saturated carbocycles. The van der Waals surface area contributed by atoms with E-state index in [9.17, 15) is 4.79 Å². The van der Waals surface area contributed by atoms with Crippen molar-refractivity contribution in [1.29, 1.82) is 0 Å². The van der Waals surface area contributed by atoms with Crippen molar-refractivity contribution in [2.75, 3.05) is 6.61 Å². The van der Waals surface area contributed by atoms with Gasteiger partial charge >= 0.3 is 0 Å². The lowest BCUT2D eigenvalue weighted by molar-refractivity contribution is -0.132. The van der Waals surface area contributed by atoms with Crippen LogP contribution in [0.25, 0.3) is 10.8 Å². The number of carbonyl (C=O) groups excluding carboxylic acids is 1. The van der Waals surface area contributed by atoms with Gasteiger partial charge in [-0.25, -0.2) is 0 Å². The van der Waals surface area contributed by atoms with E-state index in [1.165, 1.54) is 21.9 Å². The number of ether oxygens (including phenoxy) is 1. The Morgan fingerprint density at radius 1 is 1.28 bits per heavy atom. The number of hydrogen-bond donors (Lipinski definition) is 0. The minimum Gasteiger partial charge on any atom is -0.467 e. The molecule has 0 radical (unpaired) electrons. The van der Waals surface area contributed by atoms with Gasteiger partial charge in [-0.1, -0.05) is 60.7 Å². The Morgan fingerprint density at radius 3 is 2.72 bits per heavy atom. The molecule has 0 amide bonds. The van der Waals surface area contributed by atoms with Gasteiger partial charge in [-0.05, 0) is 54.4 Å². The van der Waals surface area contributed by atoms with Crippen LogP contribution < -0.4 is 0 Å². The Labute approximate surface area is 150 Å². The topological polar surface area (TPSA) is 26.3 Å². The van der Waals surface area contributed by atoms with Crippen LogP contribution in [-0.4, -0.2) is 13.1 Å². The second-order valence-electron chi connectivity index (χ2n) is 7.38. The summed E-state index contributed by atoms with van der Waals surface area (Å²) in [5.74, 6) is 0.814. The Bertz CT molecular complexity index is 792. The van der Waals surface area contributed by atoms with Gasteiger partial charge in [0.25, 0.3) is 6.47 Å². The molecule has 0 aliphatic heterocycles. The Morgan fingerprint density at radius 2 is 2.04 bits per heavy atom. The fourth-order valence-corrected chi connectivity index (χ4v) is 4.28. The van der Waals surface area contributed by atoms with Crippen LogP contribution in [0, 0.1) is 11.3 Å². The first-order chi connectivity index (χ1) is 12.1. The quantitative estimate of drug-likeness (QED) is 0.504. The molecule has 0 bridgehead atoms. The average Bonchev–Trinajstić information content (AvgIpc) is 2.65. The number of rotatable bonds is 6. The molecule has 1 fully saturated rings. The molecule has 2 aromatic carbocycles. The Kier molecular flexibility index (Phi) is 5.08. The summed E-state index contributed by atoms with van der Waals surface area (Å²) in [5.41, 5.74) is 2.42. The largest absolute Gasteiger partial charge is 0.467 e. The fraction of sp³-hybridized carbons (Fsp3) is 0.348. The third-order valence-corrected chi connectivity index (χ3v) is 5.77. The zero-order valence-corrected chi connectivity index (χ0v) is 14.9. The standard InChI is InChI=1S/C23H26O2/c1-4-23(15-25-16-24)12-11-21(17(2)3)22(14-23)20-10-9-18-7-5-6-8-19(18)13-20/h4-10,13,16,21-22H,1-2,11-12,14-15H2,3H3/t21-,22-,23-/m0/s1. The highest BCUT2D eigenvalue weighted by atomic mass is 16.5. The van der Waals surface area contributed by atoms with Gasteiger partial charge in [-0.2, -0.15) is 0 Å². The highest BCUT2D eigenvalue weighted by Gasteiger charge is 2.40. The van der Waals surface area contributed by atoms with Gasteiger partial charge in [0.1, 0.15) is 6.61 Å². The van der Waals surface area contributed by atoms with Gasteiger partial charge in [0.15, 0.2) is 0 Å². The van der Waals surface area contributed by atoms with Crippen LogP contribution in [0.4, 0.5) is 0 Å². The number of fused-ring (bicyclic) bond motifs is 1. The Hall–Kier alpha value is -2.35. The number of benzene rings is 2. The third-order valence-electron chi connectivity index (χ3n) is 5.77. The van der Waals surface area contributed by atoms with Gasteiger partial charge in [-0.3, -0.25) is 4.79 Å². The fourth-order valence-electron chi connectivity index (χ4n) is 4.28. The third kappa shape index (κ3) is 3.53. The zero-order chi connectivity index (χ0) is 17.9. The van der Waals surface area contributed by atoms with E-state index >= 15 is 0 Å². The molecule has 3 atom stereocenters. The number of carbonyl (C=O) groups is 1. The van der Waals surface area contributed by atoms with Gasteiger partial charge < -0.3 is 4.74 Å². The van der Waals surface area contributed by atoms with E-state index in [1.54, 1.807) is 0 Å². The maximum absolute atomic E-state index is 10.7. The number of hydrogen-bond acceptors (Lipinski definition) is 2. The molecular formula is C23H26O2. The van der Waals surface area contributed by atoms with Crippen LogP contribution in [0.15, 0.2) is 67.3 Å². The van der Waals surface area contributed by atoms with Gasteiger partial charge in [0, 0.05) is 5.41 Å². The minimum absolute atomic E-state index is 0.150. The lowest BCUT2D eigenvalue weighted by atomic mass is 9.62. The van der Waals surface area contributed by atoms with Crippen molar-refractivity contribution < 1.29 is 9.53 Å². The minimum atomic E-state index is -0.150. The van der Waals surface area contributed by atoms with Crippen LogP contribution in [-0.2, 0) is 9.53 Å². The summed E-state index contributed by atoms with van der Waals surface area (Å²) in [6, 6.07) is 15.2. The molecule has 1 aliphatic rings. The van der Waals surface area contributed by atoms with Crippen molar-refractivity contribution in [3.63, 3.8) is 0 Å². The summed E-state index contributed by atoms with van der Waals surface area (Å²) in [6.45, 7) is 11.4. The van der Waals surface area contributed by atoms with Gasteiger partial charge in [0.2, 0.25) is 0 Å². The monoisotopic (exact) mass is 334 g/mol. The van der Waals surface area contributed by atoms with Crippen molar-refractivity contribution >= 4 is 17.2 Å². The van der Waals surface area contributed by atoms with E-state index in [0.717, 1.165) is 19.3 Å². The van der Waals surface area contributed by atoms with Crippen molar-refractivity contribution in [2.24, 2.45) is 11.3 Å². The molecule has 130 valence electrons. The molecule has 2 nitrogen and oxygen atoms in total. The molecular weight excluding hydrogens is 308 g/mol. The first-order valence-electron chi connectivity index (χ1n) is 8.91. The molecule has 3 rings (SSSR count). The van der Waals surface area contributed by atoms with Crippen LogP contribution >= 0.6 is 0 Å². The zero-order valence-electron chi connectivity index (χ0n) is 14.9. The molecule has 1 aliphatic carbocycles. The summed E-state index contributed by atoms with van der Waals surface area (Å²) < 4.78 is 5.14. The molecule has 2 aromatic rings. The molecule has 0 N–H and O–H groups in total. The van der Waals surface area contributed by atoms with E-state index < -0.39 is 0 Å². The van der Waals surface area contributed by atoms with E-state index in [0.29, 0.717) is 24.9 Å². The SMILES string of the molecule is C=C[C@]1(COC=O)CC[C@@H](C(=C)C)[C@H](c2ccc3ccccc3c2)C1. The maximum atomic E-state index is 10.7. The summed E-state index contributed by atoms with van der Waals surface area (Å²) in [5, 5.41) is 2.52. The highest BCUT2D eigenvalue weighted by Crippen LogP contribution is 2.50. The number of allylic oxidation sites excluding steroid dienone is 1. The molecule has 2 heteroatoms. The summed E-state index contributed by atoms with van der Waals surface area (Å²) in [6.07, 6.45) is 4.94. The van der Waals surface area contributed by atoms with Crippen LogP contribution in [0.2, 0.25) is 0 Å². The van der Waals surface area contributed by atoms with Crippen molar-refractivity contribution in [2.45, 2.75) is 32.1 Å². The smallest absolute Gasteiger partial charge is 0.293 e. The second kappa shape index (κ2) is 7.26. The van der Waals surface area contributed by atoms with E-state index in [2.05, 4.69) is 62.5 Å². The van der Waals surface area contributed by atoms with Crippen molar-refractivity contribution in [3.8, 4) is 0 Å². The molecule has 0 saturated heterocycles. The van der Waals surface area contributed by atoms with Gasteiger partial charge in [0.05, 0.1) is 0 Å². The predicted octanol–water partition coefficient (Wildman–Crippen LogP) is 5.65. The lowest BCUT2D eigenvalue weighted by Gasteiger charge is -2.43. The summed E-state index contributed by atoms with van der Waals surface area (Å²) in [4.78, 5) is 10.7. The normalized spacial score (nSPS) is 26.1. The van der Waals surface area contributed by atoms with Crippen LogP contribution in [0.3, 0.4) is 0 Å². The van der Waals surface area contributed by atoms with Crippen molar-refractivity contribution in [3.05, 3.63) is 72.8 Å². The molecule has 25 heavy (non-hydrogen) atoms. The van der Waals surface area contributed by atoms with Gasteiger partial charge in [-0.15, -0.1) is 6.58 Å². The van der Waals surface area contributed by atoms with Crippen molar-refractivity contribution in [1.82, 2.24) is 0 Å². The Balaban J connectivity index is 1.98. The van der Waals surface area contributed by atoms with E-state index in [4.69, 9.17) is 4.74 Å². The lowest BCUT2D eigenvalue weighted by Crippen LogP contribution is -2.35. The van der Waals surface area contributed by atoms with E-state index in [1.807, 2.05) is 6.08 Å². The molecule has 0 spiro atoms. The summed E-state index contributed by atoms with van der Waals surface area (Å²) in [7, 11) is 0. The molecule has 0 heterocycles. The first kappa shape index (κ1) is 17.5. The highest BCUT2D eigenvalue weighted by molar-refractivity contribution is 5.83. The molecule has 0 unspecified atom stereocenters. The molecule has 0 aromatic heterocycles. The van der Waals surface area contributed by atoms with Crippen LogP contribution in [0.1, 0.15) is 37.7 Å². The first-order valence-corrected chi connectivity index (χ1v) is 8.91. The van der Waals surface area contributed by atoms with Crippen LogP contribution in [0.5, 0.6) is 0 Å². The maximum Gasteiger partial charge on any atom is 0.293 e. The predicted molar refractivity (Wildman–Crippen MR) is 103 cm³/mol. The van der Waals surface area contributed by atoms with E-state index in [-0.39, 0.29) is 5.41 Å². The summed E-state index contributed by atoms with van der Waals surface area (Å²) >= 11 is 0. The second-order valence-corrected chi connectivity index (χ2v) is 7.38. The average molecular weight is 334 g/mol.